The summed E-state index contributed by atoms with van der Waals surface area (Å²) in [7, 11) is 1.60. The van der Waals surface area contributed by atoms with E-state index in [0.717, 1.165) is 12.8 Å². The Balaban J connectivity index is 1.59. The number of amides is 2. The molecular formula is C18H27N3O5. The first kappa shape index (κ1) is 18.8. The molecule has 0 atom stereocenters. The molecule has 0 N–H and O–H groups in total. The number of morpholine rings is 1. The summed E-state index contributed by atoms with van der Waals surface area (Å²) >= 11 is 0. The Bertz CT molecular complexity index is 631. The molecule has 26 heavy (non-hydrogen) atoms. The van der Waals surface area contributed by atoms with Gasteiger partial charge in [-0.15, -0.1) is 0 Å². The second-order valence-electron chi connectivity index (χ2n) is 6.76. The summed E-state index contributed by atoms with van der Waals surface area (Å²) in [6.45, 7) is 5.89. The largest absolute Gasteiger partial charge is 0.445 e. The predicted octanol–water partition coefficient (Wildman–Crippen LogP) is 1.20. The summed E-state index contributed by atoms with van der Waals surface area (Å²) in [5.41, 5.74) is 0.403. The Hall–Kier alpha value is -1.93. The molecule has 2 amide bonds. The number of aromatic nitrogens is 1. The van der Waals surface area contributed by atoms with Gasteiger partial charge in [0.25, 0.3) is 5.91 Å². The van der Waals surface area contributed by atoms with Gasteiger partial charge in [0.15, 0.2) is 11.6 Å². The topological polar surface area (TPSA) is 85.1 Å². The third kappa shape index (κ3) is 4.24. The highest BCUT2D eigenvalue weighted by molar-refractivity contribution is 5.93. The first-order valence-corrected chi connectivity index (χ1v) is 9.21. The van der Waals surface area contributed by atoms with E-state index >= 15 is 0 Å². The smallest absolute Gasteiger partial charge is 0.276 e. The second-order valence-corrected chi connectivity index (χ2v) is 6.76. The highest BCUT2D eigenvalue weighted by Gasteiger charge is 2.30. The molecule has 2 saturated heterocycles. The number of aryl methyl sites for hydroxylation is 1. The van der Waals surface area contributed by atoms with Crippen molar-refractivity contribution < 1.29 is 23.5 Å². The van der Waals surface area contributed by atoms with Gasteiger partial charge in [0.05, 0.1) is 26.2 Å². The van der Waals surface area contributed by atoms with Crippen LogP contribution in [0.5, 0.6) is 0 Å². The fourth-order valence-electron chi connectivity index (χ4n) is 3.43. The lowest BCUT2D eigenvalue weighted by Crippen LogP contribution is -2.41. The van der Waals surface area contributed by atoms with Crippen LogP contribution in [0.2, 0.25) is 0 Å². The molecule has 2 fully saturated rings. The average molecular weight is 365 g/mol. The van der Waals surface area contributed by atoms with E-state index in [-0.39, 0.29) is 17.7 Å². The number of methoxy groups -OCH3 is 1. The van der Waals surface area contributed by atoms with Gasteiger partial charge < -0.3 is 23.7 Å². The molecule has 144 valence electrons. The van der Waals surface area contributed by atoms with Crippen LogP contribution in [0.1, 0.15) is 47.3 Å². The molecule has 2 aliphatic heterocycles. The molecule has 0 saturated carbocycles. The Morgan fingerprint density at radius 3 is 2.50 bits per heavy atom. The Morgan fingerprint density at radius 2 is 1.85 bits per heavy atom. The van der Waals surface area contributed by atoms with Crippen molar-refractivity contribution in [1.29, 1.82) is 0 Å². The van der Waals surface area contributed by atoms with E-state index in [4.69, 9.17) is 13.9 Å². The molecule has 0 spiro atoms. The summed E-state index contributed by atoms with van der Waals surface area (Å²) in [5, 5.41) is 0. The molecule has 1 aromatic heterocycles. The van der Waals surface area contributed by atoms with Gasteiger partial charge in [0, 0.05) is 39.2 Å². The SMILES string of the molecule is COCCC(=O)N1CCC(c2nc(C(=O)N3CCOCC3)c(C)o2)CC1. The quantitative estimate of drug-likeness (QED) is 0.779. The summed E-state index contributed by atoms with van der Waals surface area (Å²) in [6.07, 6.45) is 2.01. The second kappa shape index (κ2) is 8.64. The molecule has 0 aromatic carbocycles. The lowest BCUT2D eigenvalue weighted by Gasteiger charge is -2.30. The molecule has 1 aromatic rings. The number of rotatable bonds is 5. The zero-order chi connectivity index (χ0) is 18.5. The Labute approximate surface area is 153 Å². The number of carbonyl (C=O) groups is 2. The molecule has 8 nitrogen and oxygen atoms in total. The summed E-state index contributed by atoms with van der Waals surface area (Å²) in [6, 6.07) is 0. The number of likely N-dealkylation sites (tertiary alicyclic amines) is 1. The number of carbonyl (C=O) groups excluding carboxylic acids is 2. The van der Waals surface area contributed by atoms with Crippen LogP contribution in [0, 0.1) is 6.92 Å². The van der Waals surface area contributed by atoms with Gasteiger partial charge in [-0.25, -0.2) is 4.98 Å². The lowest BCUT2D eigenvalue weighted by molar-refractivity contribution is -0.133. The van der Waals surface area contributed by atoms with E-state index in [0.29, 0.717) is 69.8 Å². The maximum Gasteiger partial charge on any atom is 0.276 e. The van der Waals surface area contributed by atoms with Gasteiger partial charge in [0.2, 0.25) is 5.91 Å². The first-order chi connectivity index (χ1) is 12.6. The monoisotopic (exact) mass is 365 g/mol. The van der Waals surface area contributed by atoms with Gasteiger partial charge in [-0.05, 0) is 19.8 Å². The third-order valence-corrected chi connectivity index (χ3v) is 5.03. The minimum atomic E-state index is -0.0898. The van der Waals surface area contributed by atoms with Gasteiger partial charge in [-0.1, -0.05) is 0 Å². The summed E-state index contributed by atoms with van der Waals surface area (Å²) in [4.78, 5) is 32.8. The molecule has 0 bridgehead atoms. The molecule has 3 heterocycles. The summed E-state index contributed by atoms with van der Waals surface area (Å²) in [5.74, 6) is 1.36. The van der Waals surface area contributed by atoms with E-state index in [1.165, 1.54) is 0 Å². The number of nitrogens with zero attached hydrogens (tertiary/aromatic N) is 3. The number of ether oxygens (including phenoxy) is 2. The fraction of sp³-hybridized carbons (Fsp3) is 0.722. The maximum absolute atomic E-state index is 12.6. The number of hydrogen-bond donors (Lipinski definition) is 0. The number of oxazole rings is 1. The molecule has 3 rings (SSSR count). The zero-order valence-electron chi connectivity index (χ0n) is 15.5. The molecule has 0 aliphatic carbocycles. The maximum atomic E-state index is 12.6. The van der Waals surface area contributed by atoms with Crippen molar-refractivity contribution in [2.24, 2.45) is 0 Å². The van der Waals surface area contributed by atoms with Gasteiger partial charge in [-0.2, -0.15) is 0 Å². The first-order valence-electron chi connectivity index (χ1n) is 9.21. The van der Waals surface area contributed by atoms with E-state index in [2.05, 4.69) is 4.98 Å². The molecule has 8 heteroatoms. The van der Waals surface area contributed by atoms with Crippen LogP contribution in [0.15, 0.2) is 4.42 Å². The fourth-order valence-corrected chi connectivity index (χ4v) is 3.43. The van der Waals surface area contributed by atoms with Gasteiger partial charge in [-0.3, -0.25) is 9.59 Å². The average Bonchev–Trinajstić information content (AvgIpc) is 3.08. The van der Waals surface area contributed by atoms with Crippen LogP contribution in [0.4, 0.5) is 0 Å². The van der Waals surface area contributed by atoms with Crippen molar-refractivity contribution in [3.05, 3.63) is 17.3 Å². The summed E-state index contributed by atoms with van der Waals surface area (Å²) < 4.78 is 16.1. The highest BCUT2D eigenvalue weighted by Crippen LogP contribution is 2.29. The molecule has 0 radical (unpaired) electrons. The van der Waals surface area contributed by atoms with Crippen LogP contribution >= 0.6 is 0 Å². The van der Waals surface area contributed by atoms with Crippen molar-refractivity contribution in [1.82, 2.24) is 14.8 Å². The van der Waals surface area contributed by atoms with Crippen molar-refractivity contribution in [3.8, 4) is 0 Å². The van der Waals surface area contributed by atoms with E-state index in [1.807, 2.05) is 4.90 Å². The van der Waals surface area contributed by atoms with Crippen LogP contribution in [0.3, 0.4) is 0 Å². The highest BCUT2D eigenvalue weighted by atomic mass is 16.5. The number of piperidine rings is 1. The van der Waals surface area contributed by atoms with Crippen LogP contribution in [-0.2, 0) is 14.3 Å². The molecule has 2 aliphatic rings. The van der Waals surface area contributed by atoms with Crippen LogP contribution in [0.25, 0.3) is 0 Å². The van der Waals surface area contributed by atoms with Gasteiger partial charge in [0.1, 0.15) is 5.76 Å². The van der Waals surface area contributed by atoms with Crippen LogP contribution < -0.4 is 0 Å². The van der Waals surface area contributed by atoms with Crippen molar-refractivity contribution in [2.45, 2.75) is 32.1 Å². The van der Waals surface area contributed by atoms with E-state index < -0.39 is 0 Å². The normalized spacial score (nSPS) is 19.0. The Kier molecular flexibility index (Phi) is 6.26. The lowest BCUT2D eigenvalue weighted by atomic mass is 9.96. The van der Waals surface area contributed by atoms with E-state index in [9.17, 15) is 9.59 Å². The van der Waals surface area contributed by atoms with Gasteiger partial charge >= 0.3 is 0 Å². The van der Waals surface area contributed by atoms with Crippen LogP contribution in [-0.4, -0.2) is 79.7 Å². The Morgan fingerprint density at radius 1 is 1.15 bits per heavy atom. The standard InChI is InChI=1S/C18H27N3O5/c1-13-16(18(23)21-8-11-25-12-9-21)19-17(26-13)14-3-6-20(7-4-14)15(22)5-10-24-2/h14H,3-12H2,1-2H3. The molecular weight excluding hydrogens is 338 g/mol. The van der Waals surface area contributed by atoms with Crippen molar-refractivity contribution in [2.75, 3.05) is 53.1 Å². The number of hydrogen-bond acceptors (Lipinski definition) is 6. The minimum Gasteiger partial charge on any atom is -0.445 e. The van der Waals surface area contributed by atoms with E-state index in [1.54, 1.807) is 18.9 Å². The molecule has 0 unspecified atom stereocenters. The van der Waals surface area contributed by atoms with Crippen molar-refractivity contribution >= 4 is 11.8 Å². The van der Waals surface area contributed by atoms with Crippen molar-refractivity contribution in [3.63, 3.8) is 0 Å². The predicted molar refractivity (Wildman–Crippen MR) is 93.0 cm³/mol. The zero-order valence-corrected chi connectivity index (χ0v) is 15.5. The minimum absolute atomic E-state index is 0.0898. The third-order valence-electron chi connectivity index (χ3n) is 5.03.